The highest BCUT2D eigenvalue weighted by molar-refractivity contribution is 7.97. The van der Waals surface area contributed by atoms with Gasteiger partial charge in [0.1, 0.15) is 5.01 Å². The second-order valence-electron chi connectivity index (χ2n) is 4.50. The molecule has 0 aliphatic carbocycles. The number of para-hydroxylation sites is 1. The first-order chi connectivity index (χ1) is 9.83. The molecule has 100 valence electrons. The predicted molar refractivity (Wildman–Crippen MR) is 92.4 cm³/mol. The van der Waals surface area contributed by atoms with Crippen molar-refractivity contribution in [2.24, 2.45) is 0 Å². The van der Waals surface area contributed by atoms with Gasteiger partial charge in [0.25, 0.3) is 0 Å². The summed E-state index contributed by atoms with van der Waals surface area (Å²) in [5, 5.41) is 1.07. The molecule has 0 radical (unpaired) electrons. The zero-order chi connectivity index (χ0) is 13.9. The molecule has 0 aliphatic heterocycles. The van der Waals surface area contributed by atoms with Gasteiger partial charge in [-0.05, 0) is 29.5 Å². The molecule has 0 atom stereocenters. The maximum Gasteiger partial charge on any atom is 0.125 e. The van der Waals surface area contributed by atoms with Crippen LogP contribution >= 0.6 is 23.1 Å². The average Bonchev–Trinajstić information content (AvgIpc) is 2.91. The summed E-state index contributed by atoms with van der Waals surface area (Å²) >= 11 is 3.57. The Labute approximate surface area is 127 Å². The van der Waals surface area contributed by atoms with E-state index in [0.717, 1.165) is 16.3 Å². The molecule has 0 amide bonds. The van der Waals surface area contributed by atoms with E-state index in [9.17, 15) is 0 Å². The molecule has 0 N–H and O–H groups in total. The molecule has 3 aromatic rings. The van der Waals surface area contributed by atoms with Gasteiger partial charge >= 0.3 is 0 Å². The summed E-state index contributed by atoms with van der Waals surface area (Å²) in [6, 6.07) is 14.7. The molecule has 0 bridgehead atoms. The number of aromatic nitrogens is 1. The van der Waals surface area contributed by atoms with Gasteiger partial charge in [0.2, 0.25) is 0 Å². The lowest BCUT2D eigenvalue weighted by molar-refractivity contribution is 1.38. The van der Waals surface area contributed by atoms with E-state index in [1.165, 1.54) is 21.4 Å². The highest BCUT2D eigenvalue weighted by Gasteiger charge is 2.11. The molecular formula is C17H15NS2. The minimum atomic E-state index is 1.00. The molecule has 0 saturated carbocycles. The second kappa shape index (κ2) is 5.81. The van der Waals surface area contributed by atoms with Crippen molar-refractivity contribution in [2.45, 2.75) is 5.75 Å². The van der Waals surface area contributed by atoms with Gasteiger partial charge in [0, 0.05) is 11.3 Å². The Hall–Kier alpha value is -1.58. The van der Waals surface area contributed by atoms with Crippen LogP contribution in [0.3, 0.4) is 0 Å². The van der Waals surface area contributed by atoms with Crippen molar-refractivity contribution in [2.75, 3.05) is 6.26 Å². The minimum absolute atomic E-state index is 1.00. The molecule has 2 aromatic carbocycles. The molecule has 0 spiro atoms. The Balaban J connectivity index is 2.17. The maximum atomic E-state index is 4.76. The lowest BCUT2D eigenvalue weighted by Crippen LogP contribution is -1.90. The molecule has 0 aliphatic rings. The van der Waals surface area contributed by atoms with E-state index >= 15 is 0 Å². The summed E-state index contributed by atoms with van der Waals surface area (Å²) in [7, 11) is 0. The van der Waals surface area contributed by atoms with Gasteiger partial charge < -0.3 is 0 Å². The van der Waals surface area contributed by atoms with E-state index in [2.05, 4.69) is 49.2 Å². The number of thiazole rings is 1. The summed E-state index contributed by atoms with van der Waals surface area (Å²) in [4.78, 5) is 4.76. The van der Waals surface area contributed by atoms with E-state index in [0.29, 0.717) is 0 Å². The van der Waals surface area contributed by atoms with Crippen LogP contribution in [-0.4, -0.2) is 11.2 Å². The highest BCUT2D eigenvalue weighted by atomic mass is 32.2. The summed E-state index contributed by atoms with van der Waals surface area (Å²) in [6.45, 7) is 3.98. The van der Waals surface area contributed by atoms with Crippen LogP contribution in [0.5, 0.6) is 0 Å². The van der Waals surface area contributed by atoms with Crippen molar-refractivity contribution in [1.82, 2.24) is 4.98 Å². The topological polar surface area (TPSA) is 12.9 Å². The van der Waals surface area contributed by atoms with Crippen LogP contribution in [0.25, 0.3) is 26.9 Å². The van der Waals surface area contributed by atoms with Crippen LogP contribution in [0.4, 0.5) is 0 Å². The Morgan fingerprint density at radius 1 is 1.20 bits per heavy atom. The van der Waals surface area contributed by atoms with Crippen LogP contribution in [0.2, 0.25) is 0 Å². The van der Waals surface area contributed by atoms with Crippen molar-refractivity contribution in [1.29, 1.82) is 0 Å². The summed E-state index contributed by atoms with van der Waals surface area (Å²) in [5.74, 6) is 1.00. The first kappa shape index (κ1) is 13.4. The van der Waals surface area contributed by atoms with Gasteiger partial charge in [0.05, 0.1) is 10.2 Å². The fraction of sp³-hybridized carbons (Fsp3) is 0.118. The summed E-state index contributed by atoms with van der Waals surface area (Å²) in [5.41, 5.74) is 4.79. The molecule has 1 nitrogen and oxygen atoms in total. The smallest absolute Gasteiger partial charge is 0.125 e. The van der Waals surface area contributed by atoms with Crippen molar-refractivity contribution in [3.05, 3.63) is 60.2 Å². The van der Waals surface area contributed by atoms with Gasteiger partial charge in [0.15, 0.2) is 0 Å². The Morgan fingerprint density at radius 2 is 2.05 bits per heavy atom. The standard InChI is InChI=1S/C17H15NS2/c1-3-13-12(11-19-2)7-6-8-14(13)17-18-15-9-4-5-10-16(15)20-17/h3-10H,1,11H2,2H3. The molecule has 1 heterocycles. The van der Waals surface area contributed by atoms with Crippen LogP contribution < -0.4 is 0 Å². The molecule has 0 fully saturated rings. The average molecular weight is 297 g/mol. The second-order valence-corrected chi connectivity index (χ2v) is 6.40. The SMILES string of the molecule is C=Cc1c(CSC)cccc1-c1nc2ccccc2s1. The van der Waals surface area contributed by atoms with Crippen LogP contribution in [0.15, 0.2) is 49.0 Å². The fourth-order valence-electron chi connectivity index (χ4n) is 2.31. The largest absolute Gasteiger partial charge is 0.236 e. The molecule has 1 aromatic heterocycles. The molecule has 3 rings (SSSR count). The zero-order valence-electron chi connectivity index (χ0n) is 11.3. The molecular weight excluding hydrogens is 282 g/mol. The number of nitrogens with zero attached hydrogens (tertiary/aromatic N) is 1. The zero-order valence-corrected chi connectivity index (χ0v) is 12.9. The Bertz CT molecular complexity index is 726. The predicted octanol–water partition coefficient (Wildman–Crippen LogP) is 5.47. The third kappa shape index (κ3) is 2.39. The molecule has 0 unspecified atom stereocenters. The van der Waals surface area contributed by atoms with Crippen molar-refractivity contribution in [3.63, 3.8) is 0 Å². The van der Waals surface area contributed by atoms with E-state index in [4.69, 9.17) is 4.98 Å². The normalized spacial score (nSPS) is 10.8. The van der Waals surface area contributed by atoms with E-state index in [-0.39, 0.29) is 0 Å². The van der Waals surface area contributed by atoms with Gasteiger partial charge in [-0.2, -0.15) is 11.8 Å². The van der Waals surface area contributed by atoms with Crippen LogP contribution in [-0.2, 0) is 5.75 Å². The lowest BCUT2D eigenvalue weighted by atomic mass is 10.0. The summed E-state index contributed by atoms with van der Waals surface area (Å²) < 4.78 is 1.23. The quantitative estimate of drug-likeness (QED) is 0.633. The van der Waals surface area contributed by atoms with Crippen molar-refractivity contribution < 1.29 is 0 Å². The molecule has 3 heteroatoms. The number of rotatable bonds is 4. The van der Waals surface area contributed by atoms with Gasteiger partial charge in [-0.15, -0.1) is 11.3 Å². The Morgan fingerprint density at radius 3 is 2.80 bits per heavy atom. The molecule has 0 saturated heterocycles. The van der Waals surface area contributed by atoms with Crippen LogP contribution in [0, 0.1) is 0 Å². The van der Waals surface area contributed by atoms with Gasteiger partial charge in [-0.25, -0.2) is 4.98 Å². The van der Waals surface area contributed by atoms with E-state index < -0.39 is 0 Å². The maximum absolute atomic E-state index is 4.76. The number of thioether (sulfide) groups is 1. The van der Waals surface area contributed by atoms with E-state index in [1.807, 2.05) is 23.9 Å². The highest BCUT2D eigenvalue weighted by Crippen LogP contribution is 2.34. The molecule has 20 heavy (non-hydrogen) atoms. The third-order valence-electron chi connectivity index (χ3n) is 3.22. The number of fused-ring (bicyclic) bond motifs is 1. The van der Waals surface area contributed by atoms with Crippen molar-refractivity contribution in [3.8, 4) is 10.6 Å². The Kier molecular flexibility index (Phi) is 3.90. The first-order valence-electron chi connectivity index (χ1n) is 6.42. The van der Waals surface area contributed by atoms with Crippen molar-refractivity contribution >= 4 is 39.4 Å². The number of benzene rings is 2. The summed E-state index contributed by atoms with van der Waals surface area (Å²) in [6.07, 6.45) is 4.07. The fourth-order valence-corrected chi connectivity index (χ4v) is 3.88. The van der Waals surface area contributed by atoms with Gasteiger partial charge in [-0.1, -0.05) is 43.0 Å². The third-order valence-corrected chi connectivity index (χ3v) is 4.89. The lowest BCUT2D eigenvalue weighted by Gasteiger charge is -2.08. The first-order valence-corrected chi connectivity index (χ1v) is 8.63. The number of hydrogen-bond donors (Lipinski definition) is 0. The van der Waals surface area contributed by atoms with Crippen LogP contribution in [0.1, 0.15) is 11.1 Å². The van der Waals surface area contributed by atoms with Gasteiger partial charge in [-0.3, -0.25) is 0 Å². The van der Waals surface area contributed by atoms with E-state index in [1.54, 1.807) is 11.3 Å². The minimum Gasteiger partial charge on any atom is -0.236 e. The monoisotopic (exact) mass is 297 g/mol. The number of hydrogen-bond acceptors (Lipinski definition) is 3.